The molecule has 16 heavy (non-hydrogen) atoms. The average Bonchev–Trinajstić information content (AvgIpc) is 2.67. The van der Waals surface area contributed by atoms with Crippen LogP contribution in [0, 0.1) is 6.92 Å². The summed E-state index contributed by atoms with van der Waals surface area (Å²) in [6, 6.07) is 10.4. The highest BCUT2D eigenvalue weighted by atomic mass is 35.5. The van der Waals surface area contributed by atoms with Crippen LogP contribution in [0.2, 0.25) is 5.02 Å². The SMILES string of the molecule is CNCc1ccc(-c2ccc(Cl)cc2C)s1. The molecule has 1 heterocycles. The molecule has 1 aromatic heterocycles. The van der Waals surface area contributed by atoms with Gasteiger partial charge in [0.1, 0.15) is 0 Å². The minimum absolute atomic E-state index is 0.799. The van der Waals surface area contributed by atoms with Crippen LogP contribution < -0.4 is 5.32 Å². The Kier molecular flexibility index (Phi) is 3.64. The van der Waals surface area contributed by atoms with Gasteiger partial charge in [0.25, 0.3) is 0 Å². The fourth-order valence-corrected chi connectivity index (χ4v) is 3.03. The second kappa shape index (κ2) is 5.00. The minimum Gasteiger partial charge on any atom is -0.315 e. The third-order valence-electron chi connectivity index (χ3n) is 2.47. The van der Waals surface area contributed by atoms with Gasteiger partial charge in [-0.05, 0) is 49.4 Å². The van der Waals surface area contributed by atoms with Crippen molar-refractivity contribution in [2.24, 2.45) is 0 Å². The first-order chi connectivity index (χ1) is 7.70. The molecule has 0 unspecified atom stereocenters. The Morgan fingerprint density at radius 2 is 2.06 bits per heavy atom. The molecule has 2 rings (SSSR count). The van der Waals surface area contributed by atoms with Gasteiger partial charge in [-0.1, -0.05) is 17.7 Å². The molecular weight excluding hydrogens is 238 g/mol. The van der Waals surface area contributed by atoms with Crippen LogP contribution in [0.3, 0.4) is 0 Å². The molecule has 0 spiro atoms. The zero-order valence-electron chi connectivity index (χ0n) is 9.38. The summed E-state index contributed by atoms with van der Waals surface area (Å²) in [6.45, 7) is 3.02. The second-order valence-electron chi connectivity index (χ2n) is 3.76. The van der Waals surface area contributed by atoms with E-state index in [4.69, 9.17) is 11.6 Å². The Balaban J connectivity index is 2.35. The average molecular weight is 252 g/mol. The summed E-state index contributed by atoms with van der Waals surface area (Å²) in [5.74, 6) is 0. The molecule has 0 amide bonds. The van der Waals surface area contributed by atoms with Crippen molar-refractivity contribution in [2.45, 2.75) is 13.5 Å². The number of hydrogen-bond acceptors (Lipinski definition) is 2. The van der Waals surface area contributed by atoms with Gasteiger partial charge in [-0.15, -0.1) is 11.3 Å². The summed E-state index contributed by atoms with van der Waals surface area (Å²) in [7, 11) is 1.97. The molecule has 0 aliphatic heterocycles. The van der Waals surface area contributed by atoms with Crippen LogP contribution in [-0.4, -0.2) is 7.05 Å². The third-order valence-corrected chi connectivity index (χ3v) is 3.82. The lowest BCUT2D eigenvalue weighted by molar-refractivity contribution is 0.831. The van der Waals surface area contributed by atoms with E-state index in [9.17, 15) is 0 Å². The summed E-state index contributed by atoms with van der Waals surface area (Å²) in [5, 5.41) is 3.96. The Bertz CT molecular complexity index is 490. The van der Waals surface area contributed by atoms with Crippen LogP contribution in [0.4, 0.5) is 0 Å². The monoisotopic (exact) mass is 251 g/mol. The van der Waals surface area contributed by atoms with E-state index >= 15 is 0 Å². The molecule has 0 fully saturated rings. The number of hydrogen-bond donors (Lipinski definition) is 1. The van der Waals surface area contributed by atoms with E-state index in [2.05, 4.69) is 30.4 Å². The Hall–Kier alpha value is -0.830. The van der Waals surface area contributed by atoms with E-state index in [1.807, 2.05) is 30.5 Å². The van der Waals surface area contributed by atoms with Crippen molar-refractivity contribution in [3.05, 3.63) is 45.8 Å². The second-order valence-corrected chi connectivity index (χ2v) is 5.36. The zero-order chi connectivity index (χ0) is 11.5. The van der Waals surface area contributed by atoms with Gasteiger partial charge in [0.05, 0.1) is 0 Å². The molecule has 0 bridgehead atoms. The largest absolute Gasteiger partial charge is 0.315 e. The number of benzene rings is 1. The van der Waals surface area contributed by atoms with Crippen LogP contribution in [0.1, 0.15) is 10.4 Å². The number of rotatable bonds is 3. The number of aryl methyl sites for hydroxylation is 1. The minimum atomic E-state index is 0.799. The number of halogens is 1. The summed E-state index contributed by atoms with van der Waals surface area (Å²) >= 11 is 7.78. The summed E-state index contributed by atoms with van der Waals surface area (Å²) in [4.78, 5) is 2.66. The van der Waals surface area contributed by atoms with Crippen molar-refractivity contribution in [1.82, 2.24) is 5.32 Å². The zero-order valence-corrected chi connectivity index (χ0v) is 11.0. The van der Waals surface area contributed by atoms with E-state index < -0.39 is 0 Å². The van der Waals surface area contributed by atoms with Crippen molar-refractivity contribution < 1.29 is 0 Å². The molecule has 2 aromatic rings. The Morgan fingerprint density at radius 1 is 1.25 bits per heavy atom. The molecule has 0 radical (unpaired) electrons. The van der Waals surface area contributed by atoms with Crippen LogP contribution in [0.5, 0.6) is 0 Å². The molecule has 1 nitrogen and oxygen atoms in total. The van der Waals surface area contributed by atoms with E-state index in [0.717, 1.165) is 11.6 Å². The predicted molar refractivity (Wildman–Crippen MR) is 72.3 cm³/mol. The number of nitrogens with one attached hydrogen (secondary N) is 1. The summed E-state index contributed by atoms with van der Waals surface area (Å²) in [6.07, 6.45) is 0. The molecule has 1 N–H and O–H groups in total. The highest BCUT2D eigenvalue weighted by Crippen LogP contribution is 2.31. The van der Waals surface area contributed by atoms with Crippen molar-refractivity contribution in [3.8, 4) is 10.4 Å². The van der Waals surface area contributed by atoms with Gasteiger partial charge in [-0.25, -0.2) is 0 Å². The highest BCUT2D eigenvalue weighted by Gasteiger charge is 2.05. The summed E-state index contributed by atoms with van der Waals surface area (Å²) in [5.41, 5.74) is 2.50. The van der Waals surface area contributed by atoms with Gasteiger partial charge in [-0.3, -0.25) is 0 Å². The van der Waals surface area contributed by atoms with Crippen molar-refractivity contribution in [3.63, 3.8) is 0 Å². The van der Waals surface area contributed by atoms with Crippen LogP contribution >= 0.6 is 22.9 Å². The van der Waals surface area contributed by atoms with Gasteiger partial charge in [0.2, 0.25) is 0 Å². The Labute approximate surface area is 105 Å². The first-order valence-electron chi connectivity index (χ1n) is 5.20. The van der Waals surface area contributed by atoms with Gasteiger partial charge < -0.3 is 5.32 Å². The molecule has 0 aliphatic rings. The maximum Gasteiger partial charge on any atom is 0.0409 e. The first kappa shape index (κ1) is 11.6. The molecule has 3 heteroatoms. The smallest absolute Gasteiger partial charge is 0.0409 e. The standard InChI is InChI=1S/C13H14ClNS/c1-9-7-10(14)3-5-12(9)13-6-4-11(16-13)8-15-2/h3-7,15H,8H2,1-2H3. The van der Waals surface area contributed by atoms with E-state index in [1.54, 1.807) is 0 Å². The van der Waals surface area contributed by atoms with Crippen LogP contribution in [-0.2, 0) is 6.54 Å². The van der Waals surface area contributed by atoms with Crippen molar-refractivity contribution in [2.75, 3.05) is 7.05 Å². The molecule has 1 aromatic carbocycles. The van der Waals surface area contributed by atoms with Crippen molar-refractivity contribution >= 4 is 22.9 Å². The van der Waals surface area contributed by atoms with Crippen molar-refractivity contribution in [1.29, 1.82) is 0 Å². The molecular formula is C13H14ClNS. The van der Waals surface area contributed by atoms with Crippen LogP contribution in [0.15, 0.2) is 30.3 Å². The normalized spacial score (nSPS) is 10.7. The van der Waals surface area contributed by atoms with Crippen LogP contribution in [0.25, 0.3) is 10.4 Å². The fourth-order valence-electron chi connectivity index (χ4n) is 1.70. The fraction of sp³-hybridized carbons (Fsp3) is 0.231. The predicted octanol–water partition coefficient (Wildman–Crippen LogP) is 4.10. The van der Waals surface area contributed by atoms with E-state index in [1.165, 1.54) is 20.9 Å². The molecule has 0 aliphatic carbocycles. The van der Waals surface area contributed by atoms with E-state index in [0.29, 0.717) is 0 Å². The van der Waals surface area contributed by atoms with Gasteiger partial charge >= 0.3 is 0 Å². The quantitative estimate of drug-likeness (QED) is 0.866. The lowest BCUT2D eigenvalue weighted by atomic mass is 10.1. The molecule has 84 valence electrons. The lowest BCUT2D eigenvalue weighted by Gasteiger charge is -2.03. The van der Waals surface area contributed by atoms with Gasteiger partial charge in [-0.2, -0.15) is 0 Å². The van der Waals surface area contributed by atoms with Gasteiger partial charge in [0, 0.05) is 21.3 Å². The van der Waals surface area contributed by atoms with Gasteiger partial charge in [0.15, 0.2) is 0 Å². The Morgan fingerprint density at radius 3 is 2.75 bits per heavy atom. The first-order valence-corrected chi connectivity index (χ1v) is 6.40. The summed E-state index contributed by atoms with van der Waals surface area (Å²) < 4.78 is 0. The number of thiophene rings is 1. The molecule has 0 atom stereocenters. The topological polar surface area (TPSA) is 12.0 Å². The maximum atomic E-state index is 5.95. The lowest BCUT2D eigenvalue weighted by Crippen LogP contribution is -2.02. The highest BCUT2D eigenvalue weighted by molar-refractivity contribution is 7.15. The third kappa shape index (κ3) is 2.46. The van der Waals surface area contributed by atoms with E-state index in [-0.39, 0.29) is 0 Å². The molecule has 0 saturated heterocycles. The molecule has 0 saturated carbocycles. The maximum absolute atomic E-state index is 5.95.